The maximum absolute atomic E-state index is 12.2. The maximum atomic E-state index is 12.2. The Hall–Kier alpha value is -2.71. The first-order valence-electron chi connectivity index (χ1n) is 6.18. The first kappa shape index (κ1) is 14.7. The molecule has 1 unspecified atom stereocenters. The average Bonchev–Trinajstić information content (AvgIpc) is 2.48. The minimum atomic E-state index is -0.759. The molecule has 2 rings (SSSR count). The van der Waals surface area contributed by atoms with Crippen LogP contribution in [0.3, 0.4) is 0 Å². The van der Waals surface area contributed by atoms with Crippen LogP contribution in [0, 0.1) is 10.1 Å². The molecular weight excluding hydrogens is 282 g/mol. The number of nitrogens with zero attached hydrogens (tertiary/aromatic N) is 3. The molecule has 0 aliphatic carbocycles. The standard InChI is InChI=1S/C12H13N3O6/c1-3-7-12(17)14(6-10(16)20-2)11-8(21-7)4-5-9(13-11)15(18)19/h4-5,7H,3,6H2,1-2H3. The largest absolute Gasteiger partial charge is 0.474 e. The number of carbonyl (C=O) groups excluding carboxylic acids is 2. The number of ether oxygens (including phenoxy) is 2. The maximum Gasteiger partial charge on any atom is 0.366 e. The molecule has 1 aromatic rings. The van der Waals surface area contributed by atoms with Crippen LogP contribution in [0.15, 0.2) is 12.1 Å². The van der Waals surface area contributed by atoms with Crippen LogP contribution in [0.4, 0.5) is 11.6 Å². The van der Waals surface area contributed by atoms with Gasteiger partial charge in [0.15, 0.2) is 11.9 Å². The number of anilines is 1. The molecule has 1 atom stereocenters. The lowest BCUT2D eigenvalue weighted by Crippen LogP contribution is -2.48. The van der Waals surface area contributed by atoms with E-state index in [1.54, 1.807) is 6.92 Å². The summed E-state index contributed by atoms with van der Waals surface area (Å²) in [7, 11) is 1.19. The number of fused-ring (bicyclic) bond motifs is 1. The minimum Gasteiger partial charge on any atom is -0.474 e. The van der Waals surface area contributed by atoms with Crippen molar-refractivity contribution in [3.05, 3.63) is 22.2 Å². The van der Waals surface area contributed by atoms with Crippen LogP contribution in [0.1, 0.15) is 13.3 Å². The van der Waals surface area contributed by atoms with Crippen LogP contribution >= 0.6 is 0 Å². The molecule has 1 aliphatic heterocycles. The summed E-state index contributed by atoms with van der Waals surface area (Å²) in [5.74, 6) is -1.40. The summed E-state index contributed by atoms with van der Waals surface area (Å²) >= 11 is 0. The molecule has 9 heteroatoms. The van der Waals surface area contributed by atoms with Gasteiger partial charge in [-0.2, -0.15) is 0 Å². The van der Waals surface area contributed by atoms with Gasteiger partial charge in [0.05, 0.1) is 7.11 Å². The fourth-order valence-corrected chi connectivity index (χ4v) is 1.90. The normalized spacial score (nSPS) is 17.0. The highest BCUT2D eigenvalue weighted by atomic mass is 16.6. The molecule has 0 saturated carbocycles. The molecule has 0 spiro atoms. The minimum absolute atomic E-state index is 0.0516. The summed E-state index contributed by atoms with van der Waals surface area (Å²) < 4.78 is 9.97. The first-order chi connectivity index (χ1) is 9.97. The third-order valence-corrected chi connectivity index (χ3v) is 2.96. The molecule has 0 saturated heterocycles. The van der Waals surface area contributed by atoms with Crippen LogP contribution in [0.25, 0.3) is 0 Å². The van der Waals surface area contributed by atoms with Crippen molar-refractivity contribution in [2.24, 2.45) is 0 Å². The molecule has 1 amide bonds. The lowest BCUT2D eigenvalue weighted by atomic mass is 10.2. The molecule has 0 bridgehead atoms. The summed E-state index contributed by atoms with van der Waals surface area (Å²) in [5, 5.41) is 10.8. The first-order valence-corrected chi connectivity index (χ1v) is 6.18. The summed E-state index contributed by atoms with van der Waals surface area (Å²) in [6.07, 6.45) is -0.363. The number of esters is 1. The summed E-state index contributed by atoms with van der Waals surface area (Å²) in [4.78, 5) is 38.6. The molecule has 112 valence electrons. The molecule has 1 aromatic heterocycles. The van der Waals surface area contributed by atoms with Crippen molar-refractivity contribution in [1.82, 2.24) is 4.98 Å². The van der Waals surface area contributed by atoms with E-state index in [-0.39, 0.29) is 18.1 Å². The van der Waals surface area contributed by atoms with Crippen LogP contribution in [0.5, 0.6) is 5.75 Å². The zero-order valence-electron chi connectivity index (χ0n) is 11.4. The third-order valence-electron chi connectivity index (χ3n) is 2.96. The highest BCUT2D eigenvalue weighted by Crippen LogP contribution is 2.34. The molecule has 0 aromatic carbocycles. The van der Waals surface area contributed by atoms with E-state index in [0.717, 1.165) is 4.90 Å². The Balaban J connectivity index is 2.46. The Morgan fingerprint density at radius 1 is 1.57 bits per heavy atom. The Kier molecular flexibility index (Phi) is 4.01. The number of pyridine rings is 1. The second-order valence-corrected chi connectivity index (χ2v) is 4.26. The smallest absolute Gasteiger partial charge is 0.366 e. The van der Waals surface area contributed by atoms with E-state index in [0.29, 0.717) is 6.42 Å². The van der Waals surface area contributed by atoms with Crippen molar-refractivity contribution in [2.75, 3.05) is 18.6 Å². The van der Waals surface area contributed by atoms with Crippen molar-refractivity contribution in [3.8, 4) is 5.75 Å². The van der Waals surface area contributed by atoms with E-state index in [4.69, 9.17) is 4.74 Å². The van der Waals surface area contributed by atoms with Gasteiger partial charge in [0.2, 0.25) is 0 Å². The zero-order chi connectivity index (χ0) is 15.6. The average molecular weight is 295 g/mol. The van der Waals surface area contributed by atoms with Gasteiger partial charge in [-0.1, -0.05) is 6.92 Å². The van der Waals surface area contributed by atoms with E-state index in [1.807, 2.05) is 0 Å². The van der Waals surface area contributed by atoms with Gasteiger partial charge in [0.1, 0.15) is 6.54 Å². The Bertz CT molecular complexity index is 603. The number of hydrogen-bond donors (Lipinski definition) is 0. The van der Waals surface area contributed by atoms with Gasteiger partial charge in [-0.3, -0.25) is 14.5 Å². The van der Waals surface area contributed by atoms with Gasteiger partial charge in [-0.25, -0.2) is 0 Å². The summed E-state index contributed by atoms with van der Waals surface area (Å²) in [5.41, 5.74) is 0. The van der Waals surface area contributed by atoms with Crippen molar-refractivity contribution < 1.29 is 24.0 Å². The molecule has 0 radical (unpaired) electrons. The van der Waals surface area contributed by atoms with Crippen LogP contribution < -0.4 is 9.64 Å². The molecule has 1 aliphatic rings. The summed E-state index contributed by atoms with van der Waals surface area (Å²) in [6.45, 7) is 1.37. The fourth-order valence-electron chi connectivity index (χ4n) is 1.90. The second-order valence-electron chi connectivity index (χ2n) is 4.26. The second kappa shape index (κ2) is 5.73. The van der Waals surface area contributed by atoms with Crippen LogP contribution in [0.2, 0.25) is 0 Å². The van der Waals surface area contributed by atoms with E-state index >= 15 is 0 Å². The lowest BCUT2D eigenvalue weighted by molar-refractivity contribution is -0.389. The number of hydrogen-bond acceptors (Lipinski definition) is 7. The van der Waals surface area contributed by atoms with Crippen molar-refractivity contribution >= 4 is 23.5 Å². The van der Waals surface area contributed by atoms with Gasteiger partial charge in [-0.05, 0) is 22.4 Å². The quantitative estimate of drug-likeness (QED) is 0.455. The number of carbonyl (C=O) groups is 2. The van der Waals surface area contributed by atoms with Gasteiger partial charge in [0, 0.05) is 6.07 Å². The van der Waals surface area contributed by atoms with Crippen LogP contribution in [-0.2, 0) is 14.3 Å². The third kappa shape index (κ3) is 2.76. The van der Waals surface area contributed by atoms with E-state index < -0.39 is 28.7 Å². The van der Waals surface area contributed by atoms with Crippen molar-refractivity contribution in [1.29, 1.82) is 0 Å². The molecule has 9 nitrogen and oxygen atoms in total. The number of nitro groups is 1. The van der Waals surface area contributed by atoms with Crippen molar-refractivity contribution in [3.63, 3.8) is 0 Å². The van der Waals surface area contributed by atoms with Gasteiger partial charge in [-0.15, -0.1) is 0 Å². The zero-order valence-corrected chi connectivity index (χ0v) is 11.4. The number of rotatable bonds is 4. The fraction of sp³-hybridized carbons (Fsp3) is 0.417. The molecule has 2 heterocycles. The SMILES string of the molecule is CCC1Oc2ccc([N+](=O)[O-])nc2N(CC(=O)OC)C1=O. The molecular formula is C12H13N3O6. The highest BCUT2D eigenvalue weighted by Gasteiger charge is 2.39. The number of aromatic nitrogens is 1. The summed E-state index contributed by atoms with van der Waals surface area (Å²) in [6, 6.07) is 2.54. The monoisotopic (exact) mass is 295 g/mol. The Morgan fingerprint density at radius 3 is 2.86 bits per heavy atom. The van der Waals surface area contributed by atoms with Gasteiger partial charge >= 0.3 is 11.8 Å². The predicted octanol–water partition coefficient (Wildman–Crippen LogP) is 0.667. The van der Waals surface area contributed by atoms with Crippen molar-refractivity contribution in [2.45, 2.75) is 19.4 Å². The number of methoxy groups -OCH3 is 1. The van der Waals surface area contributed by atoms with Crippen LogP contribution in [-0.4, -0.2) is 41.5 Å². The topological polar surface area (TPSA) is 112 Å². The Labute approximate surface area is 119 Å². The van der Waals surface area contributed by atoms with E-state index in [1.165, 1.54) is 19.2 Å². The highest BCUT2D eigenvalue weighted by molar-refractivity contribution is 6.02. The molecule has 0 fully saturated rings. The van der Waals surface area contributed by atoms with Gasteiger partial charge in [0.25, 0.3) is 11.7 Å². The van der Waals surface area contributed by atoms with E-state index in [2.05, 4.69) is 9.72 Å². The molecule has 0 N–H and O–H groups in total. The lowest BCUT2D eigenvalue weighted by Gasteiger charge is -2.29. The molecule has 21 heavy (non-hydrogen) atoms. The van der Waals surface area contributed by atoms with E-state index in [9.17, 15) is 19.7 Å². The predicted molar refractivity (Wildman–Crippen MR) is 70.0 cm³/mol. The number of amides is 1. The Morgan fingerprint density at radius 2 is 2.29 bits per heavy atom. The van der Waals surface area contributed by atoms with Gasteiger partial charge < -0.3 is 19.6 Å².